The lowest BCUT2D eigenvalue weighted by molar-refractivity contribution is -0.115. The van der Waals surface area contributed by atoms with Crippen LogP contribution in [0.2, 0.25) is 0 Å². The molecule has 2 heterocycles. The minimum Gasteiger partial charge on any atom is -0.316 e. The van der Waals surface area contributed by atoms with Crippen molar-refractivity contribution < 1.29 is 9.18 Å². The van der Waals surface area contributed by atoms with Gasteiger partial charge in [0.05, 0.1) is 16.9 Å². The van der Waals surface area contributed by atoms with Gasteiger partial charge < -0.3 is 5.32 Å². The number of carbonyl (C=O) groups excluding carboxylic acids is 1. The molecule has 5 nitrogen and oxygen atoms in total. The minimum absolute atomic E-state index is 0.0493. The van der Waals surface area contributed by atoms with Gasteiger partial charge in [0, 0.05) is 30.1 Å². The number of amides is 1. The fraction of sp³-hybridized carbons (Fsp3) is 0.478. The average molecular weight is 459 g/mol. The number of hydrogen-bond acceptors (Lipinski definition) is 6. The molecule has 0 atom stereocenters. The molecule has 2 aromatic rings. The first-order chi connectivity index (χ1) is 15.1. The molecule has 2 aliphatic rings. The Labute approximate surface area is 190 Å². The first-order valence-electron chi connectivity index (χ1n) is 10.8. The molecular formula is C23H27FN4OS2. The van der Waals surface area contributed by atoms with E-state index in [9.17, 15) is 14.4 Å². The number of nitrogens with zero attached hydrogens (tertiary/aromatic N) is 2. The minimum atomic E-state index is -0.430. The average Bonchev–Trinajstić information content (AvgIpc) is 3.10. The number of rotatable bonds is 6. The first kappa shape index (κ1) is 22.3. The fourth-order valence-electron chi connectivity index (χ4n) is 4.65. The van der Waals surface area contributed by atoms with Gasteiger partial charge in [0.2, 0.25) is 5.91 Å². The van der Waals surface area contributed by atoms with Crippen LogP contribution in [-0.4, -0.2) is 23.9 Å². The van der Waals surface area contributed by atoms with Crippen molar-refractivity contribution in [2.24, 2.45) is 11.1 Å². The molecular weight excluding hydrogens is 431 g/mol. The molecule has 3 N–H and O–H groups in total. The van der Waals surface area contributed by atoms with Gasteiger partial charge in [0.1, 0.15) is 16.9 Å². The fourth-order valence-corrected chi connectivity index (χ4v) is 6.13. The van der Waals surface area contributed by atoms with Crippen molar-refractivity contribution in [3.8, 4) is 6.07 Å². The predicted molar refractivity (Wildman–Crippen MR) is 123 cm³/mol. The zero-order valence-corrected chi connectivity index (χ0v) is 19.1. The summed E-state index contributed by atoms with van der Waals surface area (Å²) < 4.78 is 13.9. The smallest absolute Gasteiger partial charge is 0.229 e. The highest BCUT2D eigenvalue weighted by atomic mass is 32.2. The van der Waals surface area contributed by atoms with Crippen molar-refractivity contribution in [2.75, 3.05) is 18.4 Å². The highest BCUT2D eigenvalue weighted by Crippen LogP contribution is 2.37. The van der Waals surface area contributed by atoms with Gasteiger partial charge in [-0.2, -0.15) is 5.26 Å². The van der Waals surface area contributed by atoms with Crippen LogP contribution in [0.25, 0.3) is 0 Å². The van der Waals surface area contributed by atoms with E-state index in [1.807, 2.05) is 0 Å². The topological polar surface area (TPSA) is 82.1 Å². The number of hydrogen-bond donors (Lipinski definition) is 2. The largest absolute Gasteiger partial charge is 0.316 e. The Morgan fingerprint density at radius 1 is 1.35 bits per heavy atom. The summed E-state index contributed by atoms with van der Waals surface area (Å²) in [4.78, 5) is 16.6. The summed E-state index contributed by atoms with van der Waals surface area (Å²) >= 11 is 2.35. The Balaban J connectivity index is 1.42. The van der Waals surface area contributed by atoms with E-state index < -0.39 is 5.82 Å². The van der Waals surface area contributed by atoms with Gasteiger partial charge in [0.15, 0.2) is 0 Å². The number of carbonyl (C=O) groups is 1. The molecule has 8 heteroatoms. The van der Waals surface area contributed by atoms with E-state index in [0.717, 1.165) is 49.5 Å². The van der Waals surface area contributed by atoms with Crippen molar-refractivity contribution in [1.82, 2.24) is 4.90 Å². The maximum absolute atomic E-state index is 13.9. The molecule has 0 unspecified atom stereocenters. The van der Waals surface area contributed by atoms with E-state index in [4.69, 9.17) is 5.14 Å². The lowest BCUT2D eigenvalue weighted by atomic mass is 9.88. The van der Waals surface area contributed by atoms with E-state index in [2.05, 4.69) is 16.3 Å². The number of nitriles is 1. The van der Waals surface area contributed by atoms with E-state index in [1.165, 1.54) is 54.4 Å². The lowest BCUT2D eigenvalue weighted by Gasteiger charge is -2.32. The second kappa shape index (κ2) is 10.1. The Morgan fingerprint density at radius 2 is 2.16 bits per heavy atom. The number of anilines is 1. The molecule has 1 aliphatic heterocycles. The molecule has 31 heavy (non-hydrogen) atoms. The molecule has 0 saturated heterocycles. The molecule has 1 aromatic heterocycles. The third kappa shape index (κ3) is 5.29. The SMILES string of the molecule is N#Cc1c(NC(=O)Cc2ccc(SN)c(F)c2)sc2c1CN(CC1CCCCC1)CC2. The van der Waals surface area contributed by atoms with Crippen molar-refractivity contribution in [3.63, 3.8) is 0 Å². The van der Waals surface area contributed by atoms with Gasteiger partial charge in [-0.15, -0.1) is 11.3 Å². The van der Waals surface area contributed by atoms with Crippen molar-refractivity contribution in [3.05, 3.63) is 45.6 Å². The summed E-state index contributed by atoms with van der Waals surface area (Å²) in [6.45, 7) is 2.89. The summed E-state index contributed by atoms with van der Waals surface area (Å²) in [5, 5.41) is 18.7. The van der Waals surface area contributed by atoms with Gasteiger partial charge in [-0.3, -0.25) is 14.8 Å². The highest BCUT2D eigenvalue weighted by molar-refractivity contribution is 7.97. The molecule has 1 saturated carbocycles. The predicted octanol–water partition coefficient (Wildman–Crippen LogP) is 4.84. The van der Waals surface area contributed by atoms with Crippen LogP contribution in [0.15, 0.2) is 23.1 Å². The van der Waals surface area contributed by atoms with E-state index >= 15 is 0 Å². The molecule has 1 fully saturated rings. The number of nitrogens with one attached hydrogen (secondary N) is 1. The highest BCUT2D eigenvalue weighted by Gasteiger charge is 2.27. The molecule has 1 aliphatic carbocycles. The summed E-state index contributed by atoms with van der Waals surface area (Å²) in [5.74, 6) is 0.0879. The van der Waals surface area contributed by atoms with Crippen LogP contribution in [-0.2, 0) is 24.2 Å². The van der Waals surface area contributed by atoms with E-state index in [1.54, 1.807) is 12.1 Å². The van der Waals surface area contributed by atoms with E-state index in [-0.39, 0.29) is 12.3 Å². The Kier molecular flexibility index (Phi) is 7.28. The molecule has 1 aromatic carbocycles. The molecule has 4 rings (SSSR count). The molecule has 164 valence electrons. The maximum atomic E-state index is 13.9. The standard InChI is InChI=1S/C23H27FN4OS2/c24-19-10-16(6-7-21(19)31-26)11-22(29)27-23-17(12-25)18-14-28(9-8-20(18)30-23)13-15-4-2-1-3-5-15/h6-7,10,15H,1-5,8-9,11,13-14,26H2,(H,27,29). The van der Waals surface area contributed by atoms with Crippen LogP contribution in [0, 0.1) is 23.1 Å². The first-order valence-corrected chi connectivity index (χ1v) is 12.5. The summed E-state index contributed by atoms with van der Waals surface area (Å²) in [6, 6.07) is 6.93. The quantitative estimate of drug-likeness (QED) is 0.605. The summed E-state index contributed by atoms with van der Waals surface area (Å²) in [5.41, 5.74) is 2.23. The number of halogens is 1. The number of thiophene rings is 1. The van der Waals surface area contributed by atoms with Gasteiger partial charge >= 0.3 is 0 Å². The Hall–Kier alpha value is -1.92. The van der Waals surface area contributed by atoms with Crippen LogP contribution in [0.3, 0.4) is 0 Å². The molecule has 0 radical (unpaired) electrons. The Bertz CT molecular complexity index is 994. The van der Waals surface area contributed by atoms with Gasteiger partial charge in [-0.1, -0.05) is 25.3 Å². The van der Waals surface area contributed by atoms with Gasteiger partial charge in [-0.25, -0.2) is 4.39 Å². The maximum Gasteiger partial charge on any atom is 0.229 e. The third-order valence-corrected chi connectivity index (χ3v) is 8.01. The van der Waals surface area contributed by atoms with E-state index in [0.29, 0.717) is 21.0 Å². The van der Waals surface area contributed by atoms with Crippen LogP contribution in [0.5, 0.6) is 0 Å². The molecule has 0 bridgehead atoms. The summed E-state index contributed by atoms with van der Waals surface area (Å²) in [6.07, 6.45) is 7.61. The zero-order chi connectivity index (χ0) is 21.8. The van der Waals surface area contributed by atoms with Crippen molar-refractivity contribution in [1.29, 1.82) is 5.26 Å². The van der Waals surface area contributed by atoms with Crippen molar-refractivity contribution >= 4 is 34.2 Å². The lowest BCUT2D eigenvalue weighted by Crippen LogP contribution is -2.34. The molecule has 1 amide bonds. The molecule has 0 spiro atoms. The zero-order valence-electron chi connectivity index (χ0n) is 17.5. The normalized spacial score (nSPS) is 17.2. The van der Waals surface area contributed by atoms with Crippen molar-refractivity contribution in [2.45, 2.75) is 56.4 Å². The van der Waals surface area contributed by atoms with Gasteiger partial charge in [-0.05, 0) is 54.8 Å². The number of fused-ring (bicyclic) bond motifs is 1. The monoisotopic (exact) mass is 458 g/mol. The van der Waals surface area contributed by atoms with Crippen LogP contribution in [0.1, 0.15) is 53.7 Å². The number of nitrogens with two attached hydrogens (primary N) is 1. The Morgan fingerprint density at radius 3 is 2.87 bits per heavy atom. The third-order valence-electron chi connectivity index (χ3n) is 6.22. The second-order valence-electron chi connectivity index (χ2n) is 8.42. The number of benzene rings is 1. The van der Waals surface area contributed by atoms with Crippen LogP contribution < -0.4 is 10.5 Å². The van der Waals surface area contributed by atoms with Crippen LogP contribution in [0.4, 0.5) is 9.39 Å². The summed E-state index contributed by atoms with van der Waals surface area (Å²) in [7, 11) is 0. The van der Waals surface area contributed by atoms with Crippen LogP contribution >= 0.6 is 23.3 Å². The second-order valence-corrected chi connectivity index (χ2v) is 10.2. The van der Waals surface area contributed by atoms with Gasteiger partial charge in [0.25, 0.3) is 0 Å².